The molecule has 0 aliphatic carbocycles. The molecule has 0 radical (unpaired) electrons. The Bertz CT molecular complexity index is 863. The summed E-state index contributed by atoms with van der Waals surface area (Å²) in [4.78, 5) is 30.2. The summed E-state index contributed by atoms with van der Waals surface area (Å²) in [6.45, 7) is 2.00. The first-order chi connectivity index (χ1) is 14.0. The molecule has 2 bridgehead atoms. The number of rotatable bonds is 4. The second-order valence-corrected chi connectivity index (χ2v) is 8.50. The molecule has 3 fully saturated rings. The van der Waals surface area contributed by atoms with E-state index in [0.29, 0.717) is 39.0 Å². The van der Waals surface area contributed by atoms with Crippen molar-refractivity contribution in [3.05, 3.63) is 42.0 Å². The third-order valence-corrected chi connectivity index (χ3v) is 6.75. The Kier molecular flexibility index (Phi) is 4.40. The van der Waals surface area contributed by atoms with Crippen LogP contribution in [0.3, 0.4) is 0 Å². The van der Waals surface area contributed by atoms with Crippen LogP contribution in [0.25, 0.3) is 0 Å². The number of aliphatic hydroxyl groups is 1. The molecule has 154 valence electrons. The third kappa shape index (κ3) is 2.95. The number of amides is 2. The van der Waals surface area contributed by atoms with Gasteiger partial charge in [0.05, 0.1) is 37.7 Å². The Morgan fingerprint density at radius 3 is 2.90 bits per heavy atom. The first-order valence-corrected chi connectivity index (χ1v) is 10.3. The standard InChI is InChI=1S/C22H26N2O5/c1-28-16-4-2-3-14(11-16)12-24-13-22-8-5-17(29-22)18(19(22)21(24)27)20(26)23-9-6-15(25)7-10-23/h2-5,8,11,15,17-19,25H,6-7,9-10,12-13H2,1H3/t17-,18-,19+,22-/m0/s1. The van der Waals surface area contributed by atoms with Gasteiger partial charge >= 0.3 is 0 Å². The highest BCUT2D eigenvalue weighted by Gasteiger charge is 2.67. The predicted octanol–water partition coefficient (Wildman–Crippen LogP) is 0.960. The van der Waals surface area contributed by atoms with Crippen molar-refractivity contribution in [1.82, 2.24) is 9.80 Å². The normalized spacial score (nSPS) is 33.4. The van der Waals surface area contributed by atoms with Gasteiger partial charge in [-0.15, -0.1) is 0 Å². The van der Waals surface area contributed by atoms with Crippen LogP contribution in [0.4, 0.5) is 0 Å². The van der Waals surface area contributed by atoms with E-state index in [2.05, 4.69) is 0 Å². The molecule has 0 unspecified atom stereocenters. The lowest BCUT2D eigenvalue weighted by atomic mass is 9.76. The average molecular weight is 398 g/mol. The minimum atomic E-state index is -0.698. The van der Waals surface area contributed by atoms with Crippen molar-refractivity contribution in [1.29, 1.82) is 0 Å². The van der Waals surface area contributed by atoms with Crippen LogP contribution in [-0.2, 0) is 20.9 Å². The SMILES string of the molecule is COc1cccc(CN2C[C@]34C=C[C@H](O3)[C@H](C(=O)N3CCC(O)CC3)[C@@H]4C2=O)c1. The number of benzene rings is 1. The lowest BCUT2D eigenvalue weighted by molar-refractivity contribution is -0.144. The van der Waals surface area contributed by atoms with Gasteiger partial charge in [0.25, 0.3) is 0 Å². The fourth-order valence-corrected chi connectivity index (χ4v) is 5.28. The first kappa shape index (κ1) is 18.6. The maximum Gasteiger partial charge on any atom is 0.230 e. The zero-order valence-electron chi connectivity index (χ0n) is 16.5. The van der Waals surface area contributed by atoms with Gasteiger partial charge in [-0.1, -0.05) is 24.3 Å². The molecule has 2 amide bonds. The lowest BCUT2D eigenvalue weighted by Crippen LogP contribution is -2.49. The molecule has 5 rings (SSSR count). The van der Waals surface area contributed by atoms with Gasteiger partial charge in [0.2, 0.25) is 11.8 Å². The topological polar surface area (TPSA) is 79.3 Å². The molecule has 4 atom stereocenters. The zero-order chi connectivity index (χ0) is 20.2. The van der Waals surface area contributed by atoms with Crippen LogP contribution >= 0.6 is 0 Å². The molecular formula is C22H26N2O5. The highest BCUT2D eigenvalue weighted by atomic mass is 16.5. The van der Waals surface area contributed by atoms with Crippen LogP contribution in [0.5, 0.6) is 5.75 Å². The van der Waals surface area contributed by atoms with Gasteiger partial charge in [-0.3, -0.25) is 9.59 Å². The summed E-state index contributed by atoms with van der Waals surface area (Å²) in [5, 5.41) is 9.74. The van der Waals surface area contributed by atoms with Gasteiger partial charge < -0.3 is 24.4 Å². The largest absolute Gasteiger partial charge is 0.497 e. The van der Waals surface area contributed by atoms with E-state index in [-0.39, 0.29) is 24.0 Å². The molecular weight excluding hydrogens is 372 g/mol. The Balaban J connectivity index is 1.36. The van der Waals surface area contributed by atoms with Crippen LogP contribution < -0.4 is 4.74 Å². The molecule has 0 aromatic heterocycles. The second-order valence-electron chi connectivity index (χ2n) is 8.50. The Labute approximate surface area is 169 Å². The maximum absolute atomic E-state index is 13.4. The number of hydrogen-bond acceptors (Lipinski definition) is 5. The number of piperidine rings is 1. The third-order valence-electron chi connectivity index (χ3n) is 6.75. The summed E-state index contributed by atoms with van der Waals surface area (Å²) in [7, 11) is 1.62. The summed E-state index contributed by atoms with van der Waals surface area (Å²) in [6.07, 6.45) is 4.43. The van der Waals surface area contributed by atoms with Gasteiger partial charge in [0, 0.05) is 19.6 Å². The molecule has 0 saturated carbocycles. The number of ether oxygens (including phenoxy) is 2. The zero-order valence-corrected chi connectivity index (χ0v) is 16.5. The molecule has 4 heterocycles. The number of likely N-dealkylation sites (tertiary alicyclic amines) is 2. The van der Waals surface area contributed by atoms with Crippen LogP contribution in [0.1, 0.15) is 18.4 Å². The van der Waals surface area contributed by atoms with Gasteiger partial charge in [0.1, 0.15) is 11.4 Å². The Hall–Kier alpha value is -2.38. The van der Waals surface area contributed by atoms with Crippen LogP contribution in [0.15, 0.2) is 36.4 Å². The highest BCUT2D eigenvalue weighted by Crippen LogP contribution is 2.52. The van der Waals surface area contributed by atoms with Crippen molar-refractivity contribution in [3.63, 3.8) is 0 Å². The van der Waals surface area contributed by atoms with Crippen LogP contribution in [-0.4, -0.2) is 71.3 Å². The van der Waals surface area contributed by atoms with E-state index in [1.54, 1.807) is 16.9 Å². The number of aliphatic hydroxyl groups excluding tert-OH is 1. The molecule has 1 aromatic rings. The Morgan fingerprint density at radius 2 is 2.14 bits per heavy atom. The average Bonchev–Trinajstić information content (AvgIpc) is 3.36. The quantitative estimate of drug-likeness (QED) is 0.765. The molecule has 1 aromatic carbocycles. The summed E-state index contributed by atoms with van der Waals surface area (Å²) >= 11 is 0. The number of hydrogen-bond donors (Lipinski definition) is 1. The van der Waals surface area contributed by atoms with E-state index in [0.717, 1.165) is 11.3 Å². The van der Waals surface area contributed by atoms with Gasteiger partial charge in [-0.2, -0.15) is 0 Å². The molecule has 1 spiro atoms. The number of methoxy groups -OCH3 is 1. The predicted molar refractivity (Wildman–Crippen MR) is 104 cm³/mol. The van der Waals surface area contributed by atoms with Crippen molar-refractivity contribution < 1.29 is 24.2 Å². The fourth-order valence-electron chi connectivity index (χ4n) is 5.28. The number of nitrogens with zero attached hydrogens (tertiary/aromatic N) is 2. The number of fused-ring (bicyclic) bond motifs is 1. The maximum atomic E-state index is 13.4. The van der Waals surface area contributed by atoms with E-state index in [1.807, 2.05) is 36.4 Å². The van der Waals surface area contributed by atoms with E-state index >= 15 is 0 Å². The molecule has 4 aliphatic heterocycles. The second kappa shape index (κ2) is 6.85. The van der Waals surface area contributed by atoms with E-state index in [9.17, 15) is 14.7 Å². The van der Waals surface area contributed by atoms with Gasteiger partial charge in [0.15, 0.2) is 0 Å². The molecule has 29 heavy (non-hydrogen) atoms. The smallest absolute Gasteiger partial charge is 0.230 e. The minimum Gasteiger partial charge on any atom is -0.497 e. The molecule has 7 nitrogen and oxygen atoms in total. The van der Waals surface area contributed by atoms with Gasteiger partial charge in [-0.25, -0.2) is 0 Å². The minimum absolute atomic E-state index is 0.0185. The summed E-state index contributed by atoms with van der Waals surface area (Å²) in [6, 6.07) is 7.68. The monoisotopic (exact) mass is 398 g/mol. The fraction of sp³-hybridized carbons (Fsp3) is 0.545. The van der Waals surface area contributed by atoms with E-state index in [1.165, 1.54) is 0 Å². The van der Waals surface area contributed by atoms with Crippen molar-refractivity contribution in [2.24, 2.45) is 11.8 Å². The Morgan fingerprint density at radius 1 is 1.34 bits per heavy atom. The lowest BCUT2D eigenvalue weighted by Gasteiger charge is -2.34. The summed E-state index contributed by atoms with van der Waals surface area (Å²) in [5.41, 5.74) is 0.288. The van der Waals surface area contributed by atoms with E-state index < -0.39 is 17.4 Å². The first-order valence-electron chi connectivity index (χ1n) is 10.3. The number of carbonyl (C=O) groups excluding carboxylic acids is 2. The molecule has 3 saturated heterocycles. The van der Waals surface area contributed by atoms with Gasteiger partial charge in [-0.05, 0) is 30.5 Å². The van der Waals surface area contributed by atoms with E-state index in [4.69, 9.17) is 9.47 Å². The van der Waals surface area contributed by atoms with Crippen molar-refractivity contribution in [2.45, 2.75) is 37.2 Å². The van der Waals surface area contributed by atoms with Crippen molar-refractivity contribution >= 4 is 11.8 Å². The van der Waals surface area contributed by atoms with Crippen LogP contribution in [0, 0.1) is 11.8 Å². The highest BCUT2D eigenvalue weighted by molar-refractivity contribution is 5.93. The summed E-state index contributed by atoms with van der Waals surface area (Å²) < 4.78 is 11.5. The van der Waals surface area contributed by atoms with Crippen LogP contribution in [0.2, 0.25) is 0 Å². The van der Waals surface area contributed by atoms with Crippen molar-refractivity contribution in [2.75, 3.05) is 26.7 Å². The molecule has 7 heteroatoms. The molecule has 4 aliphatic rings. The molecule has 1 N–H and O–H groups in total. The summed E-state index contributed by atoms with van der Waals surface area (Å²) in [5.74, 6) is -0.227. The number of carbonyl (C=O) groups is 2. The van der Waals surface area contributed by atoms with Crippen molar-refractivity contribution in [3.8, 4) is 5.75 Å².